The molecule has 0 radical (unpaired) electrons. The van der Waals surface area contributed by atoms with Gasteiger partial charge in [0.25, 0.3) is 0 Å². The highest BCUT2D eigenvalue weighted by Gasteiger charge is 2.08. The van der Waals surface area contributed by atoms with Crippen LogP contribution in [0.15, 0.2) is 17.5 Å². The molecule has 0 amide bonds. The van der Waals surface area contributed by atoms with Gasteiger partial charge in [-0.2, -0.15) is 0 Å². The van der Waals surface area contributed by atoms with Crippen LogP contribution in [0, 0.1) is 0 Å². The second-order valence-electron chi connectivity index (χ2n) is 4.61. The lowest BCUT2D eigenvalue weighted by atomic mass is 10.1. The molecule has 1 N–H and O–H groups in total. The van der Waals surface area contributed by atoms with E-state index in [1.165, 1.54) is 24.1 Å². The highest BCUT2D eigenvalue weighted by molar-refractivity contribution is 7.09. The quantitative estimate of drug-likeness (QED) is 0.729. The van der Waals surface area contributed by atoms with E-state index in [1.807, 2.05) is 11.3 Å². The number of rotatable bonds is 9. The molecule has 0 fully saturated rings. The summed E-state index contributed by atoms with van der Waals surface area (Å²) in [5, 5.41) is 5.65. The summed E-state index contributed by atoms with van der Waals surface area (Å²) in [6.45, 7) is 8.19. The van der Waals surface area contributed by atoms with Gasteiger partial charge in [-0.15, -0.1) is 11.3 Å². The van der Waals surface area contributed by atoms with Gasteiger partial charge in [0.2, 0.25) is 0 Å². The maximum Gasteiger partial charge on any atom is 0.0623 e. The number of likely N-dealkylation sites (N-methyl/N-ethyl adjacent to an activating group) is 1. The van der Waals surface area contributed by atoms with Gasteiger partial charge in [-0.05, 0) is 51.1 Å². The molecule has 1 atom stereocenters. The first-order valence-corrected chi connectivity index (χ1v) is 7.47. The van der Waals surface area contributed by atoms with Crippen LogP contribution in [0.4, 0.5) is 0 Å². The van der Waals surface area contributed by atoms with Crippen molar-refractivity contribution in [3.05, 3.63) is 22.4 Å². The van der Waals surface area contributed by atoms with E-state index in [9.17, 15) is 0 Å². The van der Waals surface area contributed by atoms with E-state index in [0.29, 0.717) is 12.1 Å². The van der Waals surface area contributed by atoms with Crippen LogP contribution in [0.25, 0.3) is 0 Å². The van der Waals surface area contributed by atoms with Gasteiger partial charge in [0.05, 0.1) is 12.7 Å². The smallest absolute Gasteiger partial charge is 0.0623 e. The second kappa shape index (κ2) is 8.67. The SMILES string of the molecule is CCNC(CCCc1cccs1)COC(C)C. The largest absolute Gasteiger partial charge is 0.377 e. The van der Waals surface area contributed by atoms with Gasteiger partial charge in [-0.1, -0.05) is 13.0 Å². The molecule has 0 bridgehead atoms. The molecule has 3 heteroatoms. The third kappa shape index (κ3) is 6.81. The van der Waals surface area contributed by atoms with Crippen molar-refractivity contribution in [3.63, 3.8) is 0 Å². The highest BCUT2D eigenvalue weighted by atomic mass is 32.1. The fourth-order valence-corrected chi connectivity index (χ4v) is 2.57. The van der Waals surface area contributed by atoms with Crippen molar-refractivity contribution in [2.75, 3.05) is 13.2 Å². The van der Waals surface area contributed by atoms with Gasteiger partial charge in [0.1, 0.15) is 0 Å². The number of aryl methyl sites for hydroxylation is 1. The van der Waals surface area contributed by atoms with Crippen LogP contribution < -0.4 is 5.32 Å². The fraction of sp³-hybridized carbons (Fsp3) is 0.714. The average Bonchev–Trinajstić information content (AvgIpc) is 2.78. The van der Waals surface area contributed by atoms with E-state index < -0.39 is 0 Å². The van der Waals surface area contributed by atoms with Crippen molar-refractivity contribution in [2.45, 2.75) is 52.2 Å². The van der Waals surface area contributed by atoms with E-state index >= 15 is 0 Å². The molecular weight excluding hydrogens is 230 g/mol. The summed E-state index contributed by atoms with van der Waals surface area (Å²) < 4.78 is 5.68. The third-order valence-corrected chi connectivity index (χ3v) is 3.62. The summed E-state index contributed by atoms with van der Waals surface area (Å²) in [5.74, 6) is 0. The Kier molecular flexibility index (Phi) is 7.49. The molecule has 0 saturated carbocycles. The maximum absolute atomic E-state index is 5.68. The van der Waals surface area contributed by atoms with Crippen LogP contribution >= 0.6 is 11.3 Å². The van der Waals surface area contributed by atoms with Crippen molar-refractivity contribution >= 4 is 11.3 Å². The standard InChI is InChI=1S/C14H25NOS/c1-4-15-13(11-16-12(2)3)7-5-8-14-9-6-10-17-14/h6,9-10,12-13,15H,4-5,7-8,11H2,1-3H3. The molecule has 0 aliphatic heterocycles. The monoisotopic (exact) mass is 255 g/mol. The zero-order valence-electron chi connectivity index (χ0n) is 11.2. The molecular formula is C14H25NOS. The van der Waals surface area contributed by atoms with Crippen LogP contribution in [0.1, 0.15) is 38.5 Å². The van der Waals surface area contributed by atoms with E-state index in [0.717, 1.165) is 13.2 Å². The first-order chi connectivity index (χ1) is 8.22. The van der Waals surface area contributed by atoms with E-state index in [4.69, 9.17) is 4.74 Å². The Bertz CT molecular complexity index is 272. The van der Waals surface area contributed by atoms with Gasteiger partial charge in [-0.3, -0.25) is 0 Å². The normalized spacial score (nSPS) is 13.2. The second-order valence-corrected chi connectivity index (χ2v) is 5.64. The zero-order valence-corrected chi connectivity index (χ0v) is 12.1. The van der Waals surface area contributed by atoms with Crippen LogP contribution in [-0.2, 0) is 11.2 Å². The van der Waals surface area contributed by atoms with Crippen molar-refractivity contribution in [3.8, 4) is 0 Å². The van der Waals surface area contributed by atoms with Gasteiger partial charge < -0.3 is 10.1 Å². The van der Waals surface area contributed by atoms with Crippen molar-refractivity contribution in [2.24, 2.45) is 0 Å². The molecule has 1 aromatic heterocycles. The topological polar surface area (TPSA) is 21.3 Å². The lowest BCUT2D eigenvalue weighted by Gasteiger charge is -2.19. The molecule has 1 unspecified atom stereocenters. The molecule has 0 aliphatic carbocycles. The van der Waals surface area contributed by atoms with Crippen LogP contribution in [0.5, 0.6) is 0 Å². The van der Waals surface area contributed by atoms with Gasteiger partial charge >= 0.3 is 0 Å². The van der Waals surface area contributed by atoms with E-state index in [-0.39, 0.29) is 0 Å². The first-order valence-electron chi connectivity index (χ1n) is 6.59. The Morgan fingerprint density at radius 2 is 2.24 bits per heavy atom. The molecule has 0 spiro atoms. The Balaban J connectivity index is 2.19. The number of ether oxygens (including phenoxy) is 1. The summed E-state index contributed by atoms with van der Waals surface area (Å²) in [7, 11) is 0. The highest BCUT2D eigenvalue weighted by Crippen LogP contribution is 2.13. The minimum absolute atomic E-state index is 0.327. The zero-order chi connectivity index (χ0) is 12.5. The lowest BCUT2D eigenvalue weighted by molar-refractivity contribution is 0.0595. The third-order valence-electron chi connectivity index (χ3n) is 2.68. The fourth-order valence-electron chi connectivity index (χ4n) is 1.82. The first kappa shape index (κ1) is 14.7. The molecule has 1 heterocycles. The maximum atomic E-state index is 5.68. The Morgan fingerprint density at radius 3 is 2.82 bits per heavy atom. The number of hydrogen-bond donors (Lipinski definition) is 1. The van der Waals surface area contributed by atoms with E-state index in [2.05, 4.69) is 43.6 Å². The van der Waals surface area contributed by atoms with Crippen molar-refractivity contribution in [1.82, 2.24) is 5.32 Å². The summed E-state index contributed by atoms with van der Waals surface area (Å²) in [5.41, 5.74) is 0. The molecule has 17 heavy (non-hydrogen) atoms. The predicted molar refractivity (Wildman–Crippen MR) is 75.8 cm³/mol. The minimum atomic E-state index is 0.327. The van der Waals surface area contributed by atoms with Crippen LogP contribution in [0.2, 0.25) is 0 Å². The number of hydrogen-bond acceptors (Lipinski definition) is 3. The predicted octanol–water partition coefficient (Wildman–Crippen LogP) is 3.47. The molecule has 0 saturated heterocycles. The van der Waals surface area contributed by atoms with Crippen LogP contribution in [-0.4, -0.2) is 25.3 Å². The Hall–Kier alpha value is -0.380. The summed E-state index contributed by atoms with van der Waals surface area (Å²) in [6.07, 6.45) is 3.95. The molecule has 1 aromatic rings. The van der Waals surface area contributed by atoms with Gasteiger partial charge in [-0.25, -0.2) is 0 Å². The Morgan fingerprint density at radius 1 is 1.41 bits per heavy atom. The number of nitrogens with one attached hydrogen (secondary N) is 1. The van der Waals surface area contributed by atoms with E-state index in [1.54, 1.807) is 0 Å². The van der Waals surface area contributed by atoms with Gasteiger partial charge in [0.15, 0.2) is 0 Å². The summed E-state index contributed by atoms with van der Waals surface area (Å²) in [4.78, 5) is 1.49. The summed E-state index contributed by atoms with van der Waals surface area (Å²) >= 11 is 1.85. The molecule has 98 valence electrons. The summed E-state index contributed by atoms with van der Waals surface area (Å²) in [6, 6.07) is 4.85. The van der Waals surface area contributed by atoms with Crippen LogP contribution in [0.3, 0.4) is 0 Å². The molecule has 0 aromatic carbocycles. The molecule has 2 nitrogen and oxygen atoms in total. The van der Waals surface area contributed by atoms with Gasteiger partial charge in [0, 0.05) is 10.9 Å². The van der Waals surface area contributed by atoms with Crippen molar-refractivity contribution in [1.29, 1.82) is 0 Å². The molecule has 1 rings (SSSR count). The lowest BCUT2D eigenvalue weighted by Crippen LogP contribution is -2.34. The molecule has 0 aliphatic rings. The minimum Gasteiger partial charge on any atom is -0.377 e. The Labute approximate surface area is 109 Å². The number of thiophene rings is 1. The van der Waals surface area contributed by atoms with Crippen molar-refractivity contribution < 1.29 is 4.74 Å². The average molecular weight is 255 g/mol.